The van der Waals surface area contributed by atoms with E-state index in [0.717, 1.165) is 51.4 Å². The van der Waals surface area contributed by atoms with E-state index in [1.165, 1.54) is 244 Å². The van der Waals surface area contributed by atoms with E-state index >= 15 is 0 Å². The van der Waals surface area contributed by atoms with Crippen LogP contribution in [0.2, 0.25) is 0 Å². The van der Waals surface area contributed by atoms with Crippen LogP contribution < -0.4 is 5.32 Å². The Morgan fingerprint density at radius 2 is 0.729 bits per heavy atom. The first-order valence-corrected chi connectivity index (χ1v) is 31.2. The highest BCUT2D eigenvalue weighted by Gasteiger charge is 2.20. The minimum absolute atomic E-state index is 0.0168. The van der Waals surface area contributed by atoms with Crippen molar-refractivity contribution >= 4 is 11.9 Å². The third-order valence-corrected chi connectivity index (χ3v) is 14.4. The van der Waals surface area contributed by atoms with Crippen LogP contribution in [-0.4, -0.2) is 47.4 Å². The van der Waals surface area contributed by atoms with Crippen molar-refractivity contribution in [1.29, 1.82) is 0 Å². The standard InChI is InChI=1S/C64H121NO5/c1-3-5-7-9-11-13-15-17-19-21-23-24-26-27-29-32-36-40-44-48-52-56-62(67)61(60-66)65-63(68)57-53-49-45-41-37-33-31-35-39-43-47-51-55-59-70-64(69)58-54-50-46-42-38-34-30-28-25-22-20-18-16-14-12-10-8-6-4-2/h18,20,33,37,45,49,61-62,66-67H,3-17,19,21-32,34-36,38-44,46-48,50-60H2,1-2H3,(H,65,68)/b20-18-,37-33-,49-45-. The van der Waals surface area contributed by atoms with Gasteiger partial charge in [-0.1, -0.05) is 288 Å². The van der Waals surface area contributed by atoms with Crippen molar-refractivity contribution in [3.8, 4) is 0 Å². The average Bonchev–Trinajstić information content (AvgIpc) is 3.36. The lowest BCUT2D eigenvalue weighted by molar-refractivity contribution is -0.143. The number of amides is 1. The Balaban J connectivity index is 3.51. The van der Waals surface area contributed by atoms with Crippen LogP contribution in [0.5, 0.6) is 0 Å². The number of rotatable bonds is 58. The molecule has 3 N–H and O–H groups in total. The van der Waals surface area contributed by atoms with Crippen LogP contribution in [0.1, 0.15) is 335 Å². The third kappa shape index (κ3) is 55.4. The minimum Gasteiger partial charge on any atom is -0.466 e. The van der Waals surface area contributed by atoms with Crippen molar-refractivity contribution in [2.24, 2.45) is 0 Å². The first-order valence-electron chi connectivity index (χ1n) is 31.2. The van der Waals surface area contributed by atoms with E-state index in [2.05, 4.69) is 49.5 Å². The summed E-state index contributed by atoms with van der Waals surface area (Å²) in [7, 11) is 0. The van der Waals surface area contributed by atoms with Gasteiger partial charge in [-0.25, -0.2) is 0 Å². The number of aliphatic hydroxyl groups excluding tert-OH is 2. The molecule has 0 bridgehead atoms. The van der Waals surface area contributed by atoms with Crippen molar-refractivity contribution in [2.45, 2.75) is 347 Å². The van der Waals surface area contributed by atoms with Gasteiger partial charge in [0.25, 0.3) is 0 Å². The summed E-state index contributed by atoms with van der Waals surface area (Å²) >= 11 is 0. The molecule has 6 nitrogen and oxygen atoms in total. The summed E-state index contributed by atoms with van der Waals surface area (Å²) in [5.41, 5.74) is 0. The van der Waals surface area contributed by atoms with Gasteiger partial charge in [-0.3, -0.25) is 9.59 Å². The second kappa shape index (κ2) is 59.6. The predicted molar refractivity (Wildman–Crippen MR) is 306 cm³/mol. The van der Waals surface area contributed by atoms with Gasteiger partial charge in [0.15, 0.2) is 0 Å². The first kappa shape index (κ1) is 68.1. The fraction of sp³-hybridized carbons (Fsp3) is 0.875. The fourth-order valence-corrected chi connectivity index (χ4v) is 9.63. The van der Waals surface area contributed by atoms with Crippen LogP contribution in [0.15, 0.2) is 36.5 Å². The highest BCUT2D eigenvalue weighted by atomic mass is 16.5. The number of carbonyl (C=O) groups excluding carboxylic acids is 2. The van der Waals surface area contributed by atoms with Crippen LogP contribution in [-0.2, 0) is 14.3 Å². The molecule has 0 heterocycles. The molecular formula is C64H121NO5. The summed E-state index contributed by atoms with van der Waals surface area (Å²) in [6.45, 7) is 4.91. The fourth-order valence-electron chi connectivity index (χ4n) is 9.63. The lowest BCUT2D eigenvalue weighted by Crippen LogP contribution is -2.45. The van der Waals surface area contributed by atoms with E-state index in [4.69, 9.17) is 4.74 Å². The van der Waals surface area contributed by atoms with Crippen molar-refractivity contribution < 1.29 is 24.5 Å². The van der Waals surface area contributed by atoms with Gasteiger partial charge in [0.1, 0.15) is 0 Å². The van der Waals surface area contributed by atoms with Crippen molar-refractivity contribution in [3.05, 3.63) is 36.5 Å². The maximum absolute atomic E-state index is 12.5. The molecule has 412 valence electrons. The number of carbonyl (C=O) groups is 2. The van der Waals surface area contributed by atoms with Gasteiger partial charge in [-0.15, -0.1) is 0 Å². The SMILES string of the molecule is CCCCCCCC/C=C\CCCCCCCCCCCC(=O)OCCCCCCCC/C=C\C/C=C\CCC(=O)NC(CO)C(O)CCCCCCCCCCCCCCCCCCCCCCC. The van der Waals surface area contributed by atoms with Gasteiger partial charge in [-0.2, -0.15) is 0 Å². The Hall–Kier alpha value is -1.92. The minimum atomic E-state index is -0.701. The molecule has 0 aliphatic rings. The van der Waals surface area contributed by atoms with Crippen molar-refractivity contribution in [1.82, 2.24) is 5.32 Å². The molecule has 6 heteroatoms. The van der Waals surface area contributed by atoms with Crippen molar-refractivity contribution in [3.63, 3.8) is 0 Å². The molecule has 2 unspecified atom stereocenters. The molecule has 0 aromatic rings. The molecule has 0 aliphatic heterocycles. The number of nitrogens with one attached hydrogen (secondary N) is 1. The number of hydrogen-bond acceptors (Lipinski definition) is 5. The zero-order chi connectivity index (χ0) is 50.7. The Labute approximate surface area is 436 Å². The quantitative estimate of drug-likeness (QED) is 0.0321. The molecule has 0 aromatic carbocycles. The molecule has 2 atom stereocenters. The Bertz CT molecular complexity index is 1130. The van der Waals surface area contributed by atoms with Gasteiger partial charge in [0.05, 0.1) is 25.4 Å². The number of unbranched alkanes of at least 4 members (excludes halogenated alkanes) is 41. The molecule has 1 amide bonds. The molecule has 0 spiro atoms. The summed E-state index contributed by atoms with van der Waals surface area (Å²) < 4.78 is 5.48. The zero-order valence-corrected chi connectivity index (χ0v) is 47.0. The summed E-state index contributed by atoms with van der Waals surface area (Å²) in [6, 6.07) is -0.587. The molecule has 0 aromatic heterocycles. The number of aliphatic hydroxyl groups is 2. The second-order valence-electron chi connectivity index (χ2n) is 21.4. The largest absolute Gasteiger partial charge is 0.466 e. The maximum Gasteiger partial charge on any atom is 0.305 e. The molecule has 0 saturated heterocycles. The van der Waals surface area contributed by atoms with Gasteiger partial charge in [0.2, 0.25) is 5.91 Å². The van der Waals surface area contributed by atoms with Crippen LogP contribution in [0.25, 0.3) is 0 Å². The zero-order valence-electron chi connectivity index (χ0n) is 47.0. The van der Waals surface area contributed by atoms with E-state index in [9.17, 15) is 19.8 Å². The highest BCUT2D eigenvalue weighted by Crippen LogP contribution is 2.17. The summed E-state index contributed by atoms with van der Waals surface area (Å²) in [6.07, 6.45) is 74.5. The smallest absolute Gasteiger partial charge is 0.305 e. The topological polar surface area (TPSA) is 95.9 Å². The van der Waals surface area contributed by atoms with Crippen LogP contribution >= 0.6 is 0 Å². The van der Waals surface area contributed by atoms with Gasteiger partial charge >= 0.3 is 5.97 Å². The van der Waals surface area contributed by atoms with E-state index in [0.29, 0.717) is 32.3 Å². The Kier molecular flexibility index (Phi) is 58.0. The third-order valence-electron chi connectivity index (χ3n) is 14.4. The molecule has 0 rings (SSSR count). The van der Waals surface area contributed by atoms with Gasteiger partial charge in [-0.05, 0) is 70.6 Å². The summed E-state index contributed by atoms with van der Waals surface area (Å²) in [5.74, 6) is -0.130. The number of hydrogen-bond donors (Lipinski definition) is 3. The second-order valence-corrected chi connectivity index (χ2v) is 21.4. The molecule has 0 aliphatic carbocycles. The highest BCUT2D eigenvalue weighted by molar-refractivity contribution is 5.76. The number of allylic oxidation sites excluding steroid dienone is 6. The predicted octanol–water partition coefficient (Wildman–Crippen LogP) is 19.6. The Morgan fingerprint density at radius 3 is 1.13 bits per heavy atom. The lowest BCUT2D eigenvalue weighted by Gasteiger charge is -2.22. The van der Waals surface area contributed by atoms with E-state index in [-0.39, 0.29) is 18.5 Å². The van der Waals surface area contributed by atoms with Crippen LogP contribution in [0.4, 0.5) is 0 Å². The monoisotopic (exact) mass is 984 g/mol. The first-order chi connectivity index (χ1) is 34.5. The molecule has 0 fully saturated rings. The van der Waals surface area contributed by atoms with E-state index < -0.39 is 12.1 Å². The lowest BCUT2D eigenvalue weighted by atomic mass is 10.0. The van der Waals surface area contributed by atoms with E-state index in [1.54, 1.807) is 0 Å². The Morgan fingerprint density at radius 1 is 0.400 bits per heavy atom. The normalized spacial score (nSPS) is 12.8. The average molecular weight is 985 g/mol. The van der Waals surface area contributed by atoms with E-state index in [1.807, 2.05) is 6.08 Å². The van der Waals surface area contributed by atoms with Gasteiger partial charge in [0, 0.05) is 12.8 Å². The molecule has 0 saturated carbocycles. The molecule has 0 radical (unpaired) electrons. The van der Waals surface area contributed by atoms with Crippen LogP contribution in [0, 0.1) is 0 Å². The summed E-state index contributed by atoms with van der Waals surface area (Å²) in [4.78, 5) is 24.6. The van der Waals surface area contributed by atoms with Gasteiger partial charge < -0.3 is 20.3 Å². The number of ether oxygens (including phenoxy) is 1. The molecule has 70 heavy (non-hydrogen) atoms. The molecular weight excluding hydrogens is 863 g/mol. The van der Waals surface area contributed by atoms with Crippen molar-refractivity contribution in [2.75, 3.05) is 13.2 Å². The van der Waals surface area contributed by atoms with Crippen LogP contribution in [0.3, 0.4) is 0 Å². The maximum atomic E-state index is 12.5. The summed E-state index contributed by atoms with van der Waals surface area (Å²) in [5, 5.41) is 23.3. The number of esters is 1.